The Kier molecular flexibility index (Phi) is 13.9. The Bertz CT molecular complexity index is 3200. The lowest BCUT2D eigenvalue weighted by Crippen LogP contribution is -2.25. The molecule has 4 heterocycles. The van der Waals surface area contributed by atoms with Gasteiger partial charge in [-0.15, -0.1) is 0 Å². The SMILES string of the molecule is COC(=O)c1cc(C(=O)NCc2ccc(F)c(F)c2)nc2c(C(=O)Nc3ccccc3Cl)cnn12.O=C(NCc1ccc(F)c(F)c1)c1ccn2ncc(C(=O)Nc3ccccc3Cl)c2n1. The summed E-state index contributed by atoms with van der Waals surface area (Å²) >= 11 is 12.2. The molecule has 0 saturated carbocycles. The number of methoxy groups -OCH3 is 1. The topological polar surface area (TPSA) is 203 Å². The standard InChI is InChI=1S/C23H16ClF2N5O4.C21H14ClF2N5O2/c1-35-23(34)19-9-18(22(33)27-10-12-6-7-15(25)16(26)8-12)29-20-13(11-28-31(19)20)21(32)30-17-5-3-2-4-14(17)24;22-14-3-1-2-4-17(14)28-20(30)13-11-26-29-8-7-18(27-19(13)29)21(31)25-10-12-5-6-15(23)16(24)9-12/h2-9,11H,10H2,1H3,(H,27,33)(H,30,32);1-9,11H,10H2,(H,25,31)(H,28,30). The molecule has 4 amide bonds. The van der Waals surface area contributed by atoms with Crippen LogP contribution in [0.15, 0.2) is 116 Å². The first-order valence-electron chi connectivity index (χ1n) is 19.1. The summed E-state index contributed by atoms with van der Waals surface area (Å²) in [6.45, 7) is -0.169. The highest BCUT2D eigenvalue weighted by Gasteiger charge is 2.24. The Morgan fingerprint density at radius 1 is 0.591 bits per heavy atom. The third-order valence-electron chi connectivity index (χ3n) is 9.31. The van der Waals surface area contributed by atoms with Gasteiger partial charge in [-0.3, -0.25) is 19.2 Å². The van der Waals surface area contributed by atoms with E-state index in [1.807, 2.05) is 0 Å². The van der Waals surface area contributed by atoms with E-state index in [1.165, 1.54) is 41.3 Å². The minimum Gasteiger partial charge on any atom is -0.464 e. The zero-order valence-electron chi connectivity index (χ0n) is 33.8. The lowest BCUT2D eigenvalue weighted by Gasteiger charge is -2.09. The van der Waals surface area contributed by atoms with Crippen molar-refractivity contribution in [3.63, 3.8) is 0 Å². The summed E-state index contributed by atoms with van der Waals surface area (Å²) in [4.78, 5) is 71.5. The fraction of sp³-hybridized carbons (Fsp3) is 0.0682. The van der Waals surface area contributed by atoms with Crippen LogP contribution in [0.2, 0.25) is 10.0 Å². The van der Waals surface area contributed by atoms with Gasteiger partial charge in [-0.1, -0.05) is 59.6 Å². The number of hydrogen-bond acceptors (Lipinski definition) is 10. The summed E-state index contributed by atoms with van der Waals surface area (Å²) in [6.07, 6.45) is 4.00. The fourth-order valence-electron chi connectivity index (χ4n) is 5.99. The molecule has 0 aliphatic carbocycles. The van der Waals surface area contributed by atoms with Gasteiger partial charge in [-0.25, -0.2) is 41.4 Å². The highest BCUT2D eigenvalue weighted by atomic mass is 35.5. The second kappa shape index (κ2) is 20.1. The predicted molar refractivity (Wildman–Crippen MR) is 231 cm³/mol. The molecule has 0 spiro atoms. The molecule has 8 rings (SSSR count). The van der Waals surface area contributed by atoms with Crippen molar-refractivity contribution >= 4 is 75.5 Å². The van der Waals surface area contributed by atoms with Gasteiger partial charge in [0.15, 0.2) is 40.3 Å². The van der Waals surface area contributed by atoms with Crippen LogP contribution in [0.25, 0.3) is 11.3 Å². The highest BCUT2D eigenvalue weighted by molar-refractivity contribution is 6.34. The molecule has 4 aromatic carbocycles. The van der Waals surface area contributed by atoms with Crippen molar-refractivity contribution in [2.45, 2.75) is 13.1 Å². The van der Waals surface area contributed by atoms with Crippen LogP contribution in [-0.4, -0.2) is 65.9 Å². The first kappa shape index (κ1) is 45.8. The third kappa shape index (κ3) is 10.4. The molecule has 66 heavy (non-hydrogen) atoms. The maximum atomic E-state index is 13.4. The van der Waals surface area contributed by atoms with Gasteiger partial charge in [0.1, 0.15) is 22.5 Å². The summed E-state index contributed by atoms with van der Waals surface area (Å²) in [7, 11) is 1.14. The van der Waals surface area contributed by atoms with Gasteiger partial charge in [-0.2, -0.15) is 10.2 Å². The van der Waals surface area contributed by atoms with Gasteiger partial charge in [-0.05, 0) is 65.7 Å². The molecular weight excluding hydrogens is 911 g/mol. The zero-order valence-corrected chi connectivity index (χ0v) is 35.3. The van der Waals surface area contributed by atoms with Crippen molar-refractivity contribution in [2.75, 3.05) is 17.7 Å². The first-order valence-corrected chi connectivity index (χ1v) is 19.8. The molecule has 0 unspecified atom stereocenters. The number of carbonyl (C=O) groups excluding carboxylic acids is 5. The molecule has 0 aliphatic rings. The molecule has 334 valence electrons. The Morgan fingerprint density at radius 3 is 1.62 bits per heavy atom. The number of amides is 4. The van der Waals surface area contributed by atoms with E-state index in [-0.39, 0.29) is 52.6 Å². The second-order valence-electron chi connectivity index (χ2n) is 13.7. The number of ether oxygens (including phenoxy) is 1. The number of fused-ring (bicyclic) bond motifs is 2. The second-order valence-corrected chi connectivity index (χ2v) is 14.5. The highest BCUT2D eigenvalue weighted by Crippen LogP contribution is 2.24. The van der Waals surface area contributed by atoms with Gasteiger partial charge in [0.2, 0.25) is 0 Å². The van der Waals surface area contributed by atoms with Gasteiger partial charge in [0.25, 0.3) is 23.6 Å². The average molecular weight is 942 g/mol. The monoisotopic (exact) mass is 940 g/mol. The van der Waals surface area contributed by atoms with E-state index in [2.05, 4.69) is 41.4 Å². The molecule has 0 aliphatic heterocycles. The quantitative estimate of drug-likeness (QED) is 0.0744. The molecule has 4 aromatic heterocycles. The molecule has 0 bridgehead atoms. The number of anilines is 2. The van der Waals surface area contributed by atoms with Gasteiger partial charge >= 0.3 is 5.97 Å². The van der Waals surface area contributed by atoms with Crippen molar-refractivity contribution in [1.82, 2.24) is 39.8 Å². The molecular formula is C44H30Cl2F4N10O6. The number of benzene rings is 4. The average Bonchev–Trinajstić information content (AvgIpc) is 3.95. The molecule has 0 saturated heterocycles. The normalized spacial score (nSPS) is 10.8. The maximum absolute atomic E-state index is 13.4. The van der Waals surface area contributed by atoms with E-state index in [9.17, 15) is 41.5 Å². The number of carbonyl (C=O) groups is 5. The molecule has 4 N–H and O–H groups in total. The largest absolute Gasteiger partial charge is 0.464 e. The lowest BCUT2D eigenvalue weighted by atomic mass is 10.2. The minimum atomic E-state index is -1.06. The van der Waals surface area contributed by atoms with Crippen molar-refractivity contribution in [1.29, 1.82) is 0 Å². The number of aromatic nitrogens is 6. The van der Waals surface area contributed by atoms with Gasteiger partial charge < -0.3 is 26.0 Å². The molecule has 0 fully saturated rings. The van der Waals surface area contributed by atoms with Crippen molar-refractivity contribution in [2.24, 2.45) is 0 Å². The van der Waals surface area contributed by atoms with E-state index >= 15 is 0 Å². The minimum absolute atomic E-state index is 0.0258. The van der Waals surface area contributed by atoms with Crippen LogP contribution in [0.1, 0.15) is 63.3 Å². The summed E-state index contributed by atoms with van der Waals surface area (Å²) in [6, 6.07) is 22.4. The number of para-hydroxylation sites is 2. The smallest absolute Gasteiger partial charge is 0.356 e. The van der Waals surface area contributed by atoms with Crippen molar-refractivity contribution < 1.29 is 46.3 Å². The van der Waals surface area contributed by atoms with Crippen LogP contribution in [0.3, 0.4) is 0 Å². The Balaban J connectivity index is 0.000000198. The van der Waals surface area contributed by atoms with Crippen LogP contribution < -0.4 is 21.3 Å². The van der Waals surface area contributed by atoms with Gasteiger partial charge in [0, 0.05) is 25.4 Å². The van der Waals surface area contributed by atoms with E-state index in [1.54, 1.807) is 48.5 Å². The van der Waals surface area contributed by atoms with Crippen LogP contribution in [0.5, 0.6) is 0 Å². The van der Waals surface area contributed by atoms with Gasteiger partial charge in [0.05, 0.1) is 40.9 Å². The Hall–Kier alpha value is -8.23. The van der Waals surface area contributed by atoms with E-state index in [0.29, 0.717) is 32.5 Å². The molecule has 22 heteroatoms. The first-order chi connectivity index (χ1) is 31.7. The molecule has 0 atom stereocenters. The number of nitrogens with one attached hydrogen (secondary N) is 4. The third-order valence-corrected chi connectivity index (χ3v) is 9.97. The fourth-order valence-corrected chi connectivity index (χ4v) is 6.36. The number of hydrogen-bond donors (Lipinski definition) is 4. The Labute approximate surface area is 379 Å². The van der Waals surface area contributed by atoms with E-state index in [0.717, 1.165) is 42.0 Å². The molecule has 0 radical (unpaired) electrons. The zero-order chi connectivity index (χ0) is 47.1. The number of halogens is 6. The summed E-state index contributed by atoms with van der Waals surface area (Å²) in [5.74, 6) is -7.27. The number of rotatable bonds is 11. The van der Waals surface area contributed by atoms with Crippen molar-refractivity contribution in [3.05, 3.63) is 188 Å². The Morgan fingerprint density at radius 2 is 1.09 bits per heavy atom. The van der Waals surface area contributed by atoms with Crippen LogP contribution >= 0.6 is 23.2 Å². The van der Waals surface area contributed by atoms with Crippen LogP contribution in [-0.2, 0) is 17.8 Å². The number of esters is 1. The maximum Gasteiger partial charge on any atom is 0.356 e. The predicted octanol–water partition coefficient (Wildman–Crippen LogP) is 7.47. The summed E-state index contributed by atoms with van der Waals surface area (Å²) in [5, 5.41) is 19.2. The van der Waals surface area contributed by atoms with Crippen LogP contribution in [0.4, 0.5) is 28.9 Å². The molecule has 16 nitrogen and oxygen atoms in total. The molecule has 8 aromatic rings. The summed E-state index contributed by atoms with van der Waals surface area (Å²) in [5.41, 5.74) is 1.29. The van der Waals surface area contributed by atoms with Crippen LogP contribution in [0, 0.1) is 23.3 Å². The van der Waals surface area contributed by atoms with Crippen molar-refractivity contribution in [3.8, 4) is 0 Å². The number of nitrogens with zero attached hydrogens (tertiary/aromatic N) is 6. The lowest BCUT2D eigenvalue weighted by molar-refractivity contribution is 0.0590. The summed E-state index contributed by atoms with van der Waals surface area (Å²) < 4.78 is 60.1. The van der Waals surface area contributed by atoms with E-state index in [4.69, 9.17) is 27.9 Å². The van der Waals surface area contributed by atoms with E-state index < -0.39 is 52.9 Å².